The predicted molar refractivity (Wildman–Crippen MR) is 64.1 cm³/mol. The van der Waals surface area contributed by atoms with E-state index in [9.17, 15) is 9.59 Å². The molecule has 1 aromatic carbocycles. The van der Waals surface area contributed by atoms with Gasteiger partial charge >= 0.3 is 5.97 Å². The number of carbonyl (C=O) groups excluding carboxylic acids is 2. The van der Waals surface area contributed by atoms with Crippen LogP contribution in [-0.2, 0) is 9.53 Å². The molecule has 0 bridgehead atoms. The summed E-state index contributed by atoms with van der Waals surface area (Å²) >= 11 is 0. The largest absolute Gasteiger partial charge is 0.465 e. The van der Waals surface area contributed by atoms with Crippen molar-refractivity contribution in [3.8, 4) is 0 Å². The van der Waals surface area contributed by atoms with Crippen LogP contribution >= 0.6 is 0 Å². The molecule has 2 N–H and O–H groups in total. The van der Waals surface area contributed by atoms with Gasteiger partial charge in [-0.05, 0) is 31.0 Å². The van der Waals surface area contributed by atoms with E-state index in [2.05, 4.69) is 15.4 Å². The van der Waals surface area contributed by atoms with Crippen LogP contribution < -0.4 is 10.6 Å². The van der Waals surface area contributed by atoms with Crippen molar-refractivity contribution in [1.29, 1.82) is 0 Å². The molecular formula is C12H14N2O3. The minimum Gasteiger partial charge on any atom is -0.465 e. The van der Waals surface area contributed by atoms with Crippen LogP contribution in [0.5, 0.6) is 0 Å². The molecular weight excluding hydrogens is 220 g/mol. The van der Waals surface area contributed by atoms with E-state index in [1.165, 1.54) is 7.11 Å². The second-order valence-electron chi connectivity index (χ2n) is 3.93. The van der Waals surface area contributed by atoms with Gasteiger partial charge < -0.3 is 15.4 Å². The van der Waals surface area contributed by atoms with Crippen LogP contribution in [0.4, 0.5) is 11.4 Å². The summed E-state index contributed by atoms with van der Waals surface area (Å²) in [6.45, 7) is 0. The molecule has 1 aromatic rings. The molecule has 0 aromatic heterocycles. The van der Waals surface area contributed by atoms with Crippen molar-refractivity contribution >= 4 is 23.8 Å². The lowest BCUT2D eigenvalue weighted by Gasteiger charge is -2.11. The monoisotopic (exact) mass is 234 g/mol. The van der Waals surface area contributed by atoms with Gasteiger partial charge in [0.05, 0.1) is 24.0 Å². The average Bonchev–Trinajstić information content (AvgIpc) is 3.14. The Balaban J connectivity index is 2.25. The number of ether oxygens (including phenoxy) is 1. The number of benzene rings is 1. The molecule has 5 heteroatoms. The third-order valence-corrected chi connectivity index (χ3v) is 2.59. The molecule has 90 valence electrons. The van der Waals surface area contributed by atoms with Crippen LogP contribution in [0.1, 0.15) is 23.2 Å². The van der Waals surface area contributed by atoms with E-state index in [0.717, 1.165) is 18.5 Å². The average molecular weight is 234 g/mol. The number of hydrogen-bond donors (Lipinski definition) is 2. The van der Waals surface area contributed by atoms with Crippen LogP contribution in [0.3, 0.4) is 0 Å². The van der Waals surface area contributed by atoms with E-state index in [-0.39, 0.29) is 0 Å². The molecule has 1 fully saturated rings. The van der Waals surface area contributed by atoms with Crippen molar-refractivity contribution in [3.63, 3.8) is 0 Å². The van der Waals surface area contributed by atoms with Crippen LogP contribution in [-0.4, -0.2) is 25.5 Å². The first-order chi connectivity index (χ1) is 8.24. The van der Waals surface area contributed by atoms with E-state index >= 15 is 0 Å². The van der Waals surface area contributed by atoms with Gasteiger partial charge in [-0.25, -0.2) is 4.79 Å². The van der Waals surface area contributed by atoms with Gasteiger partial charge in [0.25, 0.3) is 0 Å². The highest BCUT2D eigenvalue weighted by atomic mass is 16.5. The van der Waals surface area contributed by atoms with Crippen molar-refractivity contribution in [2.45, 2.75) is 18.9 Å². The number of anilines is 2. The molecule has 2 rings (SSSR count). The second kappa shape index (κ2) is 4.86. The molecule has 0 unspecified atom stereocenters. The van der Waals surface area contributed by atoms with Crippen molar-refractivity contribution < 1.29 is 14.3 Å². The number of esters is 1. The summed E-state index contributed by atoms with van der Waals surface area (Å²) in [5.41, 5.74) is 1.83. The molecule has 0 heterocycles. The third-order valence-electron chi connectivity index (χ3n) is 2.59. The fourth-order valence-electron chi connectivity index (χ4n) is 1.55. The van der Waals surface area contributed by atoms with E-state index in [0.29, 0.717) is 23.7 Å². The van der Waals surface area contributed by atoms with Gasteiger partial charge in [0.15, 0.2) is 0 Å². The number of nitrogens with one attached hydrogen (secondary N) is 2. The summed E-state index contributed by atoms with van der Waals surface area (Å²) in [4.78, 5) is 21.9. The van der Waals surface area contributed by atoms with Gasteiger partial charge in [-0.15, -0.1) is 0 Å². The van der Waals surface area contributed by atoms with Gasteiger partial charge in [-0.1, -0.05) is 0 Å². The van der Waals surface area contributed by atoms with Gasteiger partial charge in [-0.2, -0.15) is 0 Å². The molecule has 5 nitrogen and oxygen atoms in total. The molecule has 1 saturated carbocycles. The quantitative estimate of drug-likeness (QED) is 0.600. The summed E-state index contributed by atoms with van der Waals surface area (Å²) in [5.74, 6) is -0.420. The van der Waals surface area contributed by atoms with Crippen molar-refractivity contribution in [3.05, 3.63) is 23.8 Å². The van der Waals surface area contributed by atoms with Gasteiger partial charge in [0.2, 0.25) is 6.41 Å². The Labute approximate surface area is 99.2 Å². The van der Waals surface area contributed by atoms with Crippen LogP contribution in [0.15, 0.2) is 18.2 Å². The Bertz CT molecular complexity index is 441. The fraction of sp³-hybridized carbons (Fsp3) is 0.333. The topological polar surface area (TPSA) is 67.4 Å². The Hall–Kier alpha value is -2.04. The summed E-state index contributed by atoms with van der Waals surface area (Å²) in [6, 6.07) is 5.53. The molecule has 1 aliphatic carbocycles. The third kappa shape index (κ3) is 2.75. The lowest BCUT2D eigenvalue weighted by atomic mass is 10.1. The van der Waals surface area contributed by atoms with Gasteiger partial charge in [-0.3, -0.25) is 4.79 Å². The van der Waals surface area contributed by atoms with Crippen molar-refractivity contribution in [2.75, 3.05) is 17.7 Å². The van der Waals surface area contributed by atoms with Gasteiger partial charge in [0, 0.05) is 6.04 Å². The summed E-state index contributed by atoms with van der Waals surface area (Å²) in [5, 5.41) is 5.86. The molecule has 0 radical (unpaired) electrons. The van der Waals surface area contributed by atoms with E-state index in [1.807, 2.05) is 0 Å². The SMILES string of the molecule is COC(=O)c1ccc(NC2CC2)c(NC=O)c1. The first-order valence-electron chi connectivity index (χ1n) is 5.43. The number of methoxy groups -OCH3 is 1. The molecule has 0 spiro atoms. The van der Waals surface area contributed by atoms with Crippen LogP contribution in [0.2, 0.25) is 0 Å². The Morgan fingerprint density at radius 2 is 2.18 bits per heavy atom. The normalized spacial score (nSPS) is 13.9. The Kier molecular flexibility index (Phi) is 3.27. The highest BCUT2D eigenvalue weighted by molar-refractivity contribution is 5.93. The zero-order valence-corrected chi connectivity index (χ0v) is 9.53. The van der Waals surface area contributed by atoms with E-state index in [1.54, 1.807) is 18.2 Å². The molecule has 17 heavy (non-hydrogen) atoms. The number of carbonyl (C=O) groups is 2. The van der Waals surface area contributed by atoms with Crippen LogP contribution in [0.25, 0.3) is 0 Å². The molecule has 0 saturated heterocycles. The van der Waals surface area contributed by atoms with Crippen LogP contribution in [0, 0.1) is 0 Å². The maximum absolute atomic E-state index is 11.4. The van der Waals surface area contributed by atoms with E-state index in [4.69, 9.17) is 0 Å². The highest BCUT2D eigenvalue weighted by Gasteiger charge is 2.22. The summed E-state index contributed by atoms with van der Waals surface area (Å²) < 4.78 is 4.63. The standard InChI is InChI=1S/C12H14N2O3/c1-17-12(16)8-2-5-10(14-9-3-4-9)11(6-8)13-7-15/h2,5-7,9,14H,3-4H2,1H3,(H,13,15). The zero-order chi connectivity index (χ0) is 12.3. The predicted octanol–water partition coefficient (Wildman–Crippen LogP) is 1.62. The summed E-state index contributed by atoms with van der Waals surface area (Å²) in [6.07, 6.45) is 2.87. The lowest BCUT2D eigenvalue weighted by molar-refractivity contribution is -0.105. The Morgan fingerprint density at radius 3 is 2.76 bits per heavy atom. The maximum atomic E-state index is 11.4. The smallest absolute Gasteiger partial charge is 0.337 e. The molecule has 0 aliphatic heterocycles. The minimum absolute atomic E-state index is 0.415. The maximum Gasteiger partial charge on any atom is 0.337 e. The summed E-state index contributed by atoms with van der Waals surface area (Å²) in [7, 11) is 1.32. The zero-order valence-electron chi connectivity index (χ0n) is 9.53. The number of rotatable bonds is 5. The number of hydrogen-bond acceptors (Lipinski definition) is 4. The Morgan fingerprint density at radius 1 is 1.41 bits per heavy atom. The fourth-order valence-corrected chi connectivity index (χ4v) is 1.55. The highest BCUT2D eigenvalue weighted by Crippen LogP contribution is 2.30. The lowest BCUT2D eigenvalue weighted by Crippen LogP contribution is -2.08. The first kappa shape index (κ1) is 11.4. The minimum atomic E-state index is -0.420. The molecule has 1 amide bonds. The second-order valence-corrected chi connectivity index (χ2v) is 3.93. The number of amides is 1. The first-order valence-corrected chi connectivity index (χ1v) is 5.43. The molecule has 1 aliphatic rings. The van der Waals surface area contributed by atoms with Crippen molar-refractivity contribution in [1.82, 2.24) is 0 Å². The van der Waals surface area contributed by atoms with Crippen molar-refractivity contribution in [2.24, 2.45) is 0 Å². The van der Waals surface area contributed by atoms with E-state index < -0.39 is 5.97 Å². The molecule has 0 atom stereocenters. The van der Waals surface area contributed by atoms with Gasteiger partial charge in [0.1, 0.15) is 0 Å².